The highest BCUT2D eigenvalue weighted by Gasteiger charge is 2.20. The molecule has 0 aliphatic carbocycles. The summed E-state index contributed by atoms with van der Waals surface area (Å²) >= 11 is 0. The van der Waals surface area contributed by atoms with Gasteiger partial charge in [0.1, 0.15) is 11.5 Å². The zero-order chi connectivity index (χ0) is 21.2. The van der Waals surface area contributed by atoms with Crippen LogP contribution in [0.5, 0.6) is 11.5 Å². The van der Waals surface area contributed by atoms with Crippen LogP contribution in [-0.4, -0.2) is 37.6 Å². The maximum atomic E-state index is 12.3. The van der Waals surface area contributed by atoms with E-state index < -0.39 is 0 Å². The van der Waals surface area contributed by atoms with Gasteiger partial charge in [-0.05, 0) is 37.3 Å². The lowest BCUT2D eigenvalue weighted by molar-refractivity contribution is 0.0944. The van der Waals surface area contributed by atoms with E-state index in [1.165, 1.54) is 18.6 Å². The van der Waals surface area contributed by atoms with Gasteiger partial charge in [0, 0.05) is 23.7 Å². The zero-order valence-corrected chi connectivity index (χ0v) is 16.6. The van der Waals surface area contributed by atoms with E-state index in [0.717, 1.165) is 22.6 Å². The van der Waals surface area contributed by atoms with Crippen LogP contribution in [-0.2, 0) is 6.54 Å². The summed E-state index contributed by atoms with van der Waals surface area (Å²) in [4.78, 5) is 32.9. The molecule has 4 aromatic rings. The Hall–Kier alpha value is -4.27. The molecule has 5 rings (SSSR count). The number of nitrogens with zero attached hydrogens (tertiary/aromatic N) is 4. The number of rotatable bonds is 5. The first-order chi connectivity index (χ1) is 15.2. The number of amides is 1. The van der Waals surface area contributed by atoms with Gasteiger partial charge in [0.05, 0.1) is 29.8 Å². The molecular weight excluding hydrogens is 396 g/mol. The standard InChI is InChI=1S/C22H18N6O3/c1-13-3-2-4-15(26-13)21-20(14-5-6-17-18(9-14)31-12-30-17)27-19(28-21)11-25-22(29)16-10-23-7-8-24-16/h2-10H,11-12H2,1H3,(H,25,29)(H,27,28). The molecule has 0 atom stereocenters. The molecule has 0 saturated carbocycles. The number of ether oxygens (including phenoxy) is 2. The number of hydrogen-bond acceptors (Lipinski definition) is 7. The molecule has 1 amide bonds. The summed E-state index contributed by atoms with van der Waals surface area (Å²) in [5.41, 5.74) is 4.20. The quantitative estimate of drug-likeness (QED) is 0.516. The van der Waals surface area contributed by atoms with Gasteiger partial charge in [-0.1, -0.05) is 6.07 Å². The molecule has 4 heterocycles. The van der Waals surface area contributed by atoms with Crippen molar-refractivity contribution in [2.24, 2.45) is 0 Å². The molecular formula is C22H18N6O3. The van der Waals surface area contributed by atoms with E-state index >= 15 is 0 Å². The molecule has 9 nitrogen and oxygen atoms in total. The van der Waals surface area contributed by atoms with E-state index in [-0.39, 0.29) is 24.9 Å². The summed E-state index contributed by atoms with van der Waals surface area (Å²) in [5, 5.41) is 2.81. The Morgan fingerprint density at radius 3 is 2.87 bits per heavy atom. The number of carbonyl (C=O) groups is 1. The van der Waals surface area contributed by atoms with Gasteiger partial charge in [-0.2, -0.15) is 0 Å². The van der Waals surface area contributed by atoms with Crippen LogP contribution in [0, 0.1) is 6.92 Å². The predicted octanol–water partition coefficient (Wildman–Crippen LogP) is 2.90. The minimum atomic E-state index is -0.329. The average molecular weight is 414 g/mol. The highest BCUT2D eigenvalue weighted by molar-refractivity contribution is 5.91. The average Bonchev–Trinajstić information content (AvgIpc) is 3.44. The van der Waals surface area contributed by atoms with E-state index in [4.69, 9.17) is 14.5 Å². The Labute approximate surface area is 177 Å². The van der Waals surface area contributed by atoms with Crippen molar-refractivity contribution in [1.29, 1.82) is 0 Å². The normalized spacial score (nSPS) is 12.0. The lowest BCUT2D eigenvalue weighted by Gasteiger charge is -2.04. The monoisotopic (exact) mass is 414 g/mol. The van der Waals surface area contributed by atoms with Crippen LogP contribution < -0.4 is 14.8 Å². The molecule has 0 spiro atoms. The second-order valence-electron chi connectivity index (χ2n) is 6.91. The van der Waals surface area contributed by atoms with Gasteiger partial charge in [0.25, 0.3) is 5.91 Å². The highest BCUT2D eigenvalue weighted by atomic mass is 16.7. The van der Waals surface area contributed by atoms with Gasteiger partial charge in [-0.15, -0.1) is 0 Å². The Balaban J connectivity index is 1.49. The number of aryl methyl sites for hydroxylation is 1. The lowest BCUT2D eigenvalue weighted by atomic mass is 10.1. The van der Waals surface area contributed by atoms with Crippen LogP contribution in [0.15, 0.2) is 55.0 Å². The summed E-state index contributed by atoms with van der Waals surface area (Å²) in [5.74, 6) is 1.62. The number of aromatic nitrogens is 5. The van der Waals surface area contributed by atoms with Crippen molar-refractivity contribution >= 4 is 5.91 Å². The fraction of sp³-hybridized carbons (Fsp3) is 0.136. The largest absolute Gasteiger partial charge is 0.454 e. The summed E-state index contributed by atoms with van der Waals surface area (Å²) in [6.07, 6.45) is 4.40. The molecule has 1 aromatic carbocycles. The molecule has 0 unspecified atom stereocenters. The van der Waals surface area contributed by atoms with Gasteiger partial charge < -0.3 is 19.8 Å². The van der Waals surface area contributed by atoms with Crippen molar-refractivity contribution in [1.82, 2.24) is 30.2 Å². The van der Waals surface area contributed by atoms with Crippen molar-refractivity contribution in [2.45, 2.75) is 13.5 Å². The first-order valence-electron chi connectivity index (χ1n) is 9.64. The number of nitrogens with one attached hydrogen (secondary N) is 2. The number of carbonyl (C=O) groups excluding carboxylic acids is 1. The number of fused-ring (bicyclic) bond motifs is 1. The first-order valence-corrected chi connectivity index (χ1v) is 9.64. The molecule has 0 saturated heterocycles. The van der Waals surface area contributed by atoms with Crippen LogP contribution in [0.1, 0.15) is 22.0 Å². The molecule has 0 radical (unpaired) electrons. The summed E-state index contributed by atoms with van der Waals surface area (Å²) in [6.45, 7) is 2.33. The third kappa shape index (κ3) is 3.80. The summed E-state index contributed by atoms with van der Waals surface area (Å²) in [7, 11) is 0. The van der Waals surface area contributed by atoms with Crippen molar-refractivity contribution < 1.29 is 14.3 Å². The highest BCUT2D eigenvalue weighted by Crippen LogP contribution is 2.38. The van der Waals surface area contributed by atoms with E-state index in [1.54, 1.807) is 0 Å². The van der Waals surface area contributed by atoms with Gasteiger partial charge >= 0.3 is 0 Å². The van der Waals surface area contributed by atoms with Gasteiger partial charge in [0.15, 0.2) is 11.5 Å². The van der Waals surface area contributed by atoms with E-state index in [0.29, 0.717) is 23.0 Å². The van der Waals surface area contributed by atoms with Crippen LogP contribution in [0.2, 0.25) is 0 Å². The number of aromatic amines is 1. The number of hydrogen-bond donors (Lipinski definition) is 2. The predicted molar refractivity (Wildman–Crippen MR) is 111 cm³/mol. The Kier molecular flexibility index (Phi) is 4.75. The lowest BCUT2D eigenvalue weighted by Crippen LogP contribution is -2.24. The minimum Gasteiger partial charge on any atom is -0.454 e. The van der Waals surface area contributed by atoms with Crippen molar-refractivity contribution in [3.63, 3.8) is 0 Å². The number of imidazole rings is 1. The van der Waals surface area contributed by atoms with Crippen LogP contribution in [0.4, 0.5) is 0 Å². The molecule has 0 fully saturated rings. The van der Waals surface area contributed by atoms with Crippen molar-refractivity contribution in [3.8, 4) is 34.1 Å². The SMILES string of the molecule is Cc1cccc(-c2[nH]c(CNC(=O)c3cnccn3)nc2-c2ccc3c(c2)OCO3)n1. The number of pyridine rings is 1. The second kappa shape index (κ2) is 7.86. The minimum absolute atomic E-state index is 0.193. The molecule has 2 N–H and O–H groups in total. The topological polar surface area (TPSA) is 115 Å². The third-order valence-corrected chi connectivity index (χ3v) is 4.76. The van der Waals surface area contributed by atoms with E-state index in [9.17, 15) is 4.79 Å². The van der Waals surface area contributed by atoms with Crippen molar-refractivity contribution in [3.05, 3.63) is 72.2 Å². The molecule has 9 heteroatoms. The Morgan fingerprint density at radius 1 is 1.13 bits per heavy atom. The molecule has 31 heavy (non-hydrogen) atoms. The smallest absolute Gasteiger partial charge is 0.271 e. The molecule has 154 valence electrons. The Morgan fingerprint density at radius 2 is 2.03 bits per heavy atom. The van der Waals surface area contributed by atoms with Gasteiger partial charge in [-0.3, -0.25) is 14.8 Å². The number of H-pyrrole nitrogens is 1. The second-order valence-corrected chi connectivity index (χ2v) is 6.91. The molecule has 1 aliphatic heterocycles. The molecule has 3 aromatic heterocycles. The van der Waals surface area contributed by atoms with Crippen molar-refractivity contribution in [2.75, 3.05) is 6.79 Å². The maximum absolute atomic E-state index is 12.3. The summed E-state index contributed by atoms with van der Waals surface area (Å²) < 4.78 is 10.9. The fourth-order valence-electron chi connectivity index (χ4n) is 3.30. The van der Waals surface area contributed by atoms with Crippen LogP contribution >= 0.6 is 0 Å². The number of benzene rings is 1. The van der Waals surface area contributed by atoms with Gasteiger partial charge in [0.2, 0.25) is 6.79 Å². The van der Waals surface area contributed by atoms with Crippen LogP contribution in [0.3, 0.4) is 0 Å². The third-order valence-electron chi connectivity index (χ3n) is 4.76. The maximum Gasteiger partial charge on any atom is 0.271 e. The first kappa shape index (κ1) is 18.7. The summed E-state index contributed by atoms with van der Waals surface area (Å²) in [6, 6.07) is 11.5. The molecule has 0 bridgehead atoms. The van der Waals surface area contributed by atoms with Gasteiger partial charge in [-0.25, -0.2) is 9.97 Å². The van der Waals surface area contributed by atoms with Crippen LogP contribution in [0.25, 0.3) is 22.6 Å². The Bertz CT molecular complexity index is 1260. The van der Waals surface area contributed by atoms with E-state index in [1.807, 2.05) is 43.3 Å². The molecule has 1 aliphatic rings. The fourth-order valence-corrected chi connectivity index (χ4v) is 3.30. The van der Waals surface area contributed by atoms with E-state index in [2.05, 4.69) is 25.3 Å². The zero-order valence-electron chi connectivity index (χ0n) is 16.6.